The van der Waals surface area contributed by atoms with Gasteiger partial charge in [0.15, 0.2) is 0 Å². The molecule has 2 aromatic carbocycles. The van der Waals surface area contributed by atoms with Gasteiger partial charge in [0.2, 0.25) is 0 Å². The lowest BCUT2D eigenvalue weighted by atomic mass is 10.0. The summed E-state index contributed by atoms with van der Waals surface area (Å²) >= 11 is 5.80. The molecule has 2 aromatic rings. The van der Waals surface area contributed by atoms with Crippen LogP contribution in [0, 0.1) is 5.92 Å². The molecule has 0 amide bonds. The number of thiocarbonyl (C=S) groups is 1. The Morgan fingerprint density at radius 1 is 1.04 bits per heavy atom. The first-order chi connectivity index (χ1) is 11.2. The van der Waals surface area contributed by atoms with Gasteiger partial charge in [-0.3, -0.25) is 0 Å². The van der Waals surface area contributed by atoms with Crippen LogP contribution in [0.4, 0.5) is 0 Å². The third-order valence-corrected chi connectivity index (χ3v) is 4.81. The van der Waals surface area contributed by atoms with E-state index in [4.69, 9.17) is 17.0 Å². The average molecular weight is 327 g/mol. The summed E-state index contributed by atoms with van der Waals surface area (Å²) in [5.74, 6) is 1.47. The quantitative estimate of drug-likeness (QED) is 0.730. The Hall–Kier alpha value is -1.61. The van der Waals surface area contributed by atoms with Gasteiger partial charge in [0.05, 0.1) is 6.61 Å². The minimum absolute atomic E-state index is 0.517. The van der Waals surface area contributed by atoms with Crippen LogP contribution in [0.15, 0.2) is 36.4 Å². The lowest BCUT2D eigenvalue weighted by Crippen LogP contribution is -2.35. The van der Waals surface area contributed by atoms with Gasteiger partial charge in [0.1, 0.15) is 10.7 Å². The highest BCUT2D eigenvalue weighted by atomic mass is 32.1. The van der Waals surface area contributed by atoms with Gasteiger partial charge in [-0.05, 0) is 42.7 Å². The van der Waals surface area contributed by atoms with E-state index in [2.05, 4.69) is 55.1 Å². The maximum absolute atomic E-state index is 6.00. The Labute approximate surface area is 144 Å². The number of likely N-dealkylation sites (tertiary alicyclic amines) is 1. The van der Waals surface area contributed by atoms with Crippen LogP contribution >= 0.6 is 12.2 Å². The maximum Gasteiger partial charge on any atom is 0.127 e. The molecule has 0 N–H and O–H groups in total. The lowest BCUT2D eigenvalue weighted by Gasteiger charge is -2.29. The fourth-order valence-electron chi connectivity index (χ4n) is 3.11. The normalized spacial score (nSPS) is 15.2. The zero-order valence-electron chi connectivity index (χ0n) is 14.0. The molecular weight excluding hydrogens is 302 g/mol. The molecule has 0 unspecified atom stereocenters. The van der Waals surface area contributed by atoms with Crippen molar-refractivity contribution in [3.8, 4) is 5.75 Å². The average Bonchev–Trinajstić information content (AvgIpc) is 2.59. The minimum atomic E-state index is 0.517. The third-order valence-electron chi connectivity index (χ3n) is 4.33. The molecule has 1 aliphatic heterocycles. The van der Waals surface area contributed by atoms with E-state index in [0.717, 1.165) is 41.4 Å². The SMILES string of the molecule is CC(C)COc1ccc(C(=S)N2CCCCC2)c2ccccc12. The van der Waals surface area contributed by atoms with Crippen LogP contribution < -0.4 is 4.74 Å². The summed E-state index contributed by atoms with van der Waals surface area (Å²) in [6, 6.07) is 12.6. The largest absolute Gasteiger partial charge is 0.493 e. The molecule has 0 atom stereocenters. The number of hydrogen-bond donors (Lipinski definition) is 0. The molecule has 1 saturated heterocycles. The molecule has 23 heavy (non-hydrogen) atoms. The fourth-order valence-corrected chi connectivity index (χ4v) is 3.47. The predicted molar refractivity (Wildman–Crippen MR) is 101 cm³/mol. The molecular formula is C20H25NOS. The number of piperidine rings is 1. The summed E-state index contributed by atoms with van der Waals surface area (Å²) in [6.07, 6.45) is 3.81. The minimum Gasteiger partial charge on any atom is -0.493 e. The fraction of sp³-hybridized carbons (Fsp3) is 0.450. The van der Waals surface area contributed by atoms with Crippen molar-refractivity contribution in [3.63, 3.8) is 0 Å². The standard InChI is InChI=1S/C20H25NOS/c1-15(2)14-22-19-11-10-18(16-8-4-5-9-17(16)19)20(23)21-12-6-3-7-13-21/h4-5,8-11,15H,3,6-7,12-14H2,1-2H3. The highest BCUT2D eigenvalue weighted by molar-refractivity contribution is 7.80. The van der Waals surface area contributed by atoms with Crippen molar-refractivity contribution in [3.05, 3.63) is 42.0 Å². The summed E-state index contributed by atoms with van der Waals surface area (Å²) in [7, 11) is 0. The van der Waals surface area contributed by atoms with Gasteiger partial charge in [0.25, 0.3) is 0 Å². The van der Waals surface area contributed by atoms with Gasteiger partial charge < -0.3 is 9.64 Å². The van der Waals surface area contributed by atoms with Gasteiger partial charge in [-0.15, -0.1) is 0 Å². The van der Waals surface area contributed by atoms with E-state index in [1.807, 2.05) is 0 Å². The van der Waals surface area contributed by atoms with Crippen molar-refractivity contribution in [1.29, 1.82) is 0 Å². The number of fused-ring (bicyclic) bond motifs is 1. The van der Waals surface area contributed by atoms with Crippen molar-refractivity contribution in [2.45, 2.75) is 33.1 Å². The monoisotopic (exact) mass is 327 g/mol. The van der Waals surface area contributed by atoms with Crippen molar-refractivity contribution in [2.75, 3.05) is 19.7 Å². The second-order valence-corrected chi connectivity index (χ2v) is 7.10. The van der Waals surface area contributed by atoms with E-state index < -0.39 is 0 Å². The molecule has 0 aromatic heterocycles. The first kappa shape index (κ1) is 16.3. The van der Waals surface area contributed by atoms with Crippen molar-refractivity contribution >= 4 is 28.0 Å². The summed E-state index contributed by atoms with van der Waals surface area (Å²) in [5, 5.41) is 2.36. The first-order valence-electron chi connectivity index (χ1n) is 8.60. The van der Waals surface area contributed by atoms with Gasteiger partial charge in [0, 0.05) is 24.0 Å². The molecule has 2 nitrogen and oxygen atoms in total. The molecule has 0 saturated carbocycles. The van der Waals surface area contributed by atoms with E-state index in [-0.39, 0.29) is 0 Å². The van der Waals surface area contributed by atoms with Gasteiger partial charge in [-0.1, -0.05) is 50.3 Å². The van der Waals surface area contributed by atoms with Crippen LogP contribution in [0.5, 0.6) is 5.75 Å². The Morgan fingerprint density at radius 3 is 2.43 bits per heavy atom. The number of rotatable bonds is 4. The highest BCUT2D eigenvalue weighted by Crippen LogP contribution is 2.30. The molecule has 0 aliphatic carbocycles. The van der Waals surface area contributed by atoms with Crippen LogP contribution in [0.1, 0.15) is 38.7 Å². The summed E-state index contributed by atoms with van der Waals surface area (Å²) in [6.45, 7) is 7.24. The predicted octanol–water partition coefficient (Wildman–Crippen LogP) is 5.04. The number of benzene rings is 2. The third kappa shape index (κ3) is 3.66. The van der Waals surface area contributed by atoms with E-state index in [9.17, 15) is 0 Å². The van der Waals surface area contributed by atoms with Gasteiger partial charge in [-0.2, -0.15) is 0 Å². The number of hydrogen-bond acceptors (Lipinski definition) is 2. The highest BCUT2D eigenvalue weighted by Gasteiger charge is 2.17. The Kier molecular flexibility index (Phi) is 5.16. The Morgan fingerprint density at radius 2 is 1.74 bits per heavy atom. The molecule has 1 fully saturated rings. The molecule has 3 rings (SSSR count). The van der Waals surface area contributed by atoms with E-state index in [1.54, 1.807) is 0 Å². The molecule has 122 valence electrons. The Bertz CT molecular complexity index is 689. The topological polar surface area (TPSA) is 12.5 Å². The lowest BCUT2D eigenvalue weighted by molar-refractivity contribution is 0.274. The second-order valence-electron chi connectivity index (χ2n) is 6.71. The molecule has 1 heterocycles. The van der Waals surface area contributed by atoms with Crippen LogP contribution in [0.25, 0.3) is 10.8 Å². The van der Waals surface area contributed by atoms with Crippen LogP contribution in [-0.2, 0) is 0 Å². The Balaban J connectivity index is 1.95. The molecule has 1 aliphatic rings. The van der Waals surface area contributed by atoms with E-state index in [1.165, 1.54) is 24.6 Å². The zero-order valence-corrected chi connectivity index (χ0v) is 14.9. The summed E-state index contributed by atoms with van der Waals surface area (Å²) in [5.41, 5.74) is 1.16. The van der Waals surface area contributed by atoms with E-state index >= 15 is 0 Å². The van der Waals surface area contributed by atoms with Crippen molar-refractivity contribution < 1.29 is 4.74 Å². The molecule has 0 radical (unpaired) electrons. The molecule has 3 heteroatoms. The second kappa shape index (κ2) is 7.31. The summed E-state index contributed by atoms with van der Waals surface area (Å²) in [4.78, 5) is 3.34. The number of ether oxygens (including phenoxy) is 1. The summed E-state index contributed by atoms with van der Waals surface area (Å²) < 4.78 is 6.00. The van der Waals surface area contributed by atoms with Crippen LogP contribution in [-0.4, -0.2) is 29.6 Å². The van der Waals surface area contributed by atoms with Gasteiger partial charge >= 0.3 is 0 Å². The van der Waals surface area contributed by atoms with Crippen molar-refractivity contribution in [1.82, 2.24) is 4.90 Å². The smallest absolute Gasteiger partial charge is 0.127 e. The van der Waals surface area contributed by atoms with Gasteiger partial charge in [-0.25, -0.2) is 0 Å². The molecule has 0 spiro atoms. The first-order valence-corrected chi connectivity index (χ1v) is 9.01. The number of nitrogens with zero attached hydrogens (tertiary/aromatic N) is 1. The van der Waals surface area contributed by atoms with Crippen molar-refractivity contribution in [2.24, 2.45) is 5.92 Å². The van der Waals surface area contributed by atoms with Crippen LogP contribution in [0.2, 0.25) is 0 Å². The maximum atomic E-state index is 6.00. The van der Waals surface area contributed by atoms with E-state index in [0.29, 0.717) is 5.92 Å². The molecule has 0 bridgehead atoms. The zero-order chi connectivity index (χ0) is 16.2. The van der Waals surface area contributed by atoms with Crippen LogP contribution in [0.3, 0.4) is 0 Å².